The molecule has 2 aliphatic rings. The standard InChI is InChI=1S/C28H40N4O4S/c1-19-27(37-18-29-19)21-7-5-20(6-8-21)24(17-31-9-11-36-12-10-31)30-25(34)14-22-13-23(33)16-32(22)26(35)15-28(2,3)4/h5-8,18,22-24,33H,9-17H2,1-4H3,(H,30,34)/t22-,23+,24-/m0/s1. The van der Waals surface area contributed by atoms with Crippen molar-refractivity contribution in [1.29, 1.82) is 0 Å². The number of carbonyl (C=O) groups excluding carboxylic acids is 2. The highest BCUT2D eigenvalue weighted by Crippen LogP contribution is 2.29. The predicted octanol–water partition coefficient (Wildman–Crippen LogP) is 3.40. The number of amides is 2. The van der Waals surface area contributed by atoms with Gasteiger partial charge in [0.2, 0.25) is 11.8 Å². The molecule has 1 aromatic carbocycles. The Morgan fingerprint density at radius 2 is 1.92 bits per heavy atom. The Hall–Kier alpha value is -2.33. The zero-order valence-corrected chi connectivity index (χ0v) is 23.2. The van der Waals surface area contributed by atoms with Crippen molar-refractivity contribution >= 4 is 23.2 Å². The summed E-state index contributed by atoms with van der Waals surface area (Å²) in [7, 11) is 0. The van der Waals surface area contributed by atoms with Gasteiger partial charge in [0.05, 0.1) is 41.4 Å². The van der Waals surface area contributed by atoms with E-state index in [0.717, 1.165) is 34.8 Å². The number of rotatable bonds is 8. The molecule has 0 saturated carbocycles. The molecule has 0 aliphatic carbocycles. The van der Waals surface area contributed by atoms with Gasteiger partial charge in [0.1, 0.15) is 0 Å². The number of thiazole rings is 1. The molecule has 9 heteroatoms. The van der Waals surface area contributed by atoms with Crippen LogP contribution in [0.2, 0.25) is 0 Å². The number of likely N-dealkylation sites (tertiary alicyclic amines) is 1. The molecule has 3 heterocycles. The van der Waals surface area contributed by atoms with E-state index in [0.29, 0.717) is 39.1 Å². The van der Waals surface area contributed by atoms with Crippen molar-refractivity contribution in [3.8, 4) is 10.4 Å². The largest absolute Gasteiger partial charge is 0.391 e. The Morgan fingerprint density at radius 3 is 2.54 bits per heavy atom. The fourth-order valence-corrected chi connectivity index (χ4v) is 5.95. The zero-order chi connectivity index (χ0) is 26.6. The van der Waals surface area contributed by atoms with Gasteiger partial charge >= 0.3 is 0 Å². The van der Waals surface area contributed by atoms with Gasteiger partial charge in [-0.1, -0.05) is 45.0 Å². The number of hydrogen-bond donors (Lipinski definition) is 2. The maximum absolute atomic E-state index is 13.3. The SMILES string of the molecule is Cc1ncsc1-c1ccc([C@H](CN2CCOCC2)NC(=O)C[C@@H]2C[C@@H](O)CN2C(=O)CC(C)(C)C)cc1. The smallest absolute Gasteiger partial charge is 0.223 e. The second-order valence-electron chi connectivity index (χ2n) is 11.5. The van der Waals surface area contributed by atoms with Crippen LogP contribution in [0.1, 0.15) is 57.3 Å². The number of ether oxygens (including phenoxy) is 1. The first-order chi connectivity index (χ1) is 17.6. The average molecular weight is 529 g/mol. The molecule has 0 unspecified atom stereocenters. The summed E-state index contributed by atoms with van der Waals surface area (Å²) in [5.74, 6) is -0.103. The van der Waals surface area contributed by atoms with Crippen molar-refractivity contribution in [2.24, 2.45) is 5.41 Å². The molecule has 2 aliphatic heterocycles. The highest BCUT2D eigenvalue weighted by atomic mass is 32.1. The van der Waals surface area contributed by atoms with Crippen LogP contribution < -0.4 is 5.32 Å². The molecule has 202 valence electrons. The van der Waals surface area contributed by atoms with Crippen molar-refractivity contribution in [2.45, 2.75) is 65.1 Å². The molecule has 2 amide bonds. The number of nitrogens with zero attached hydrogens (tertiary/aromatic N) is 3. The minimum absolute atomic E-state index is 0.000616. The second-order valence-corrected chi connectivity index (χ2v) is 12.3. The van der Waals surface area contributed by atoms with Crippen LogP contribution in [0.4, 0.5) is 0 Å². The van der Waals surface area contributed by atoms with Gasteiger partial charge < -0.3 is 20.1 Å². The number of aromatic nitrogens is 1. The Labute approximate surface area is 224 Å². The molecule has 3 atom stereocenters. The zero-order valence-electron chi connectivity index (χ0n) is 22.4. The topological polar surface area (TPSA) is 95.0 Å². The van der Waals surface area contributed by atoms with E-state index in [1.165, 1.54) is 0 Å². The van der Waals surface area contributed by atoms with Crippen LogP contribution in [-0.4, -0.2) is 83.2 Å². The van der Waals surface area contributed by atoms with Gasteiger partial charge in [-0.25, -0.2) is 4.98 Å². The van der Waals surface area contributed by atoms with Gasteiger partial charge in [-0.15, -0.1) is 11.3 Å². The lowest BCUT2D eigenvalue weighted by molar-refractivity contribution is -0.135. The third kappa shape index (κ3) is 7.60. The lowest BCUT2D eigenvalue weighted by atomic mass is 9.91. The Kier molecular flexibility index (Phi) is 9.00. The van der Waals surface area contributed by atoms with Crippen LogP contribution in [0.15, 0.2) is 29.8 Å². The van der Waals surface area contributed by atoms with Crippen LogP contribution in [0.25, 0.3) is 10.4 Å². The number of benzene rings is 1. The molecule has 1 aromatic heterocycles. The van der Waals surface area contributed by atoms with Crippen molar-refractivity contribution in [3.05, 3.63) is 41.0 Å². The highest BCUT2D eigenvalue weighted by molar-refractivity contribution is 7.13. The van der Waals surface area contributed by atoms with Gasteiger partial charge in [0, 0.05) is 45.1 Å². The van der Waals surface area contributed by atoms with Crippen molar-refractivity contribution < 1.29 is 19.4 Å². The van der Waals surface area contributed by atoms with Gasteiger partial charge in [-0.3, -0.25) is 14.5 Å². The summed E-state index contributed by atoms with van der Waals surface area (Å²) in [6.45, 7) is 12.1. The first-order valence-electron chi connectivity index (χ1n) is 13.2. The normalized spacial score (nSPS) is 21.7. The molecule has 0 bridgehead atoms. The summed E-state index contributed by atoms with van der Waals surface area (Å²) in [6, 6.07) is 7.87. The van der Waals surface area contributed by atoms with E-state index in [1.54, 1.807) is 16.2 Å². The van der Waals surface area contributed by atoms with Crippen molar-refractivity contribution in [3.63, 3.8) is 0 Å². The van der Waals surface area contributed by atoms with E-state index in [2.05, 4.69) is 39.5 Å². The summed E-state index contributed by atoms with van der Waals surface area (Å²) in [5, 5.41) is 13.5. The maximum Gasteiger partial charge on any atom is 0.223 e. The van der Waals surface area contributed by atoms with Crippen molar-refractivity contribution in [2.75, 3.05) is 39.4 Å². The molecule has 4 rings (SSSR count). The Bertz CT molecular complexity index is 1060. The van der Waals surface area contributed by atoms with E-state index in [4.69, 9.17) is 4.74 Å². The van der Waals surface area contributed by atoms with Gasteiger partial charge in [0.25, 0.3) is 0 Å². The number of morpholine rings is 1. The summed E-state index contributed by atoms with van der Waals surface area (Å²) < 4.78 is 5.51. The third-order valence-electron chi connectivity index (χ3n) is 7.02. The number of hydrogen-bond acceptors (Lipinski definition) is 7. The molecule has 2 fully saturated rings. The summed E-state index contributed by atoms with van der Waals surface area (Å²) in [6.07, 6.45) is 0.419. The van der Waals surface area contributed by atoms with Crippen LogP contribution in [0.3, 0.4) is 0 Å². The Balaban J connectivity index is 1.46. The number of aliphatic hydroxyl groups excluding tert-OH is 1. The van der Waals surface area contributed by atoms with Crippen LogP contribution in [0, 0.1) is 12.3 Å². The van der Waals surface area contributed by atoms with Gasteiger partial charge in [-0.05, 0) is 29.9 Å². The molecule has 0 radical (unpaired) electrons. The molecule has 2 aromatic rings. The monoisotopic (exact) mass is 528 g/mol. The minimum atomic E-state index is -0.589. The second kappa shape index (κ2) is 12.0. The summed E-state index contributed by atoms with van der Waals surface area (Å²) >= 11 is 1.62. The lowest BCUT2D eigenvalue weighted by Crippen LogP contribution is -2.45. The molecule has 0 spiro atoms. The first-order valence-corrected chi connectivity index (χ1v) is 14.0. The Morgan fingerprint density at radius 1 is 1.22 bits per heavy atom. The van der Waals surface area contributed by atoms with Crippen LogP contribution >= 0.6 is 11.3 Å². The van der Waals surface area contributed by atoms with Gasteiger partial charge in [0.15, 0.2) is 0 Å². The molecule has 2 N–H and O–H groups in total. The van der Waals surface area contributed by atoms with E-state index >= 15 is 0 Å². The van der Waals surface area contributed by atoms with E-state index in [9.17, 15) is 14.7 Å². The molecular formula is C28H40N4O4S. The minimum Gasteiger partial charge on any atom is -0.391 e. The van der Waals surface area contributed by atoms with E-state index < -0.39 is 6.10 Å². The van der Waals surface area contributed by atoms with E-state index in [-0.39, 0.29) is 35.7 Å². The molecule has 37 heavy (non-hydrogen) atoms. The number of carbonyl (C=O) groups is 2. The molecular weight excluding hydrogens is 488 g/mol. The van der Waals surface area contributed by atoms with Crippen molar-refractivity contribution in [1.82, 2.24) is 20.1 Å². The van der Waals surface area contributed by atoms with Crippen LogP contribution in [-0.2, 0) is 14.3 Å². The summed E-state index contributed by atoms with van der Waals surface area (Å²) in [5.41, 5.74) is 4.88. The quantitative estimate of drug-likeness (QED) is 0.546. The summed E-state index contributed by atoms with van der Waals surface area (Å²) in [4.78, 5) is 35.8. The number of β-amino-alcohol motifs (C(OH)–C–C–N with tert-alkyl or cyclic N) is 1. The fraction of sp³-hybridized carbons (Fsp3) is 0.607. The van der Waals surface area contributed by atoms with Crippen LogP contribution in [0.5, 0.6) is 0 Å². The fourth-order valence-electron chi connectivity index (χ4n) is 5.14. The molecule has 2 saturated heterocycles. The number of nitrogens with one attached hydrogen (secondary N) is 1. The van der Waals surface area contributed by atoms with E-state index in [1.807, 2.05) is 33.2 Å². The van der Waals surface area contributed by atoms with Gasteiger partial charge in [-0.2, -0.15) is 0 Å². The molecule has 8 nitrogen and oxygen atoms in total. The lowest BCUT2D eigenvalue weighted by Gasteiger charge is -2.32. The first kappa shape index (κ1) is 27.7. The highest BCUT2D eigenvalue weighted by Gasteiger charge is 2.37. The third-order valence-corrected chi connectivity index (χ3v) is 7.99. The average Bonchev–Trinajstić information content (AvgIpc) is 3.43. The number of aryl methyl sites for hydroxylation is 1. The predicted molar refractivity (Wildman–Crippen MR) is 145 cm³/mol. The maximum atomic E-state index is 13.3. The number of aliphatic hydroxyl groups is 1.